The van der Waals surface area contributed by atoms with Gasteiger partial charge in [0.15, 0.2) is 6.10 Å². The van der Waals surface area contributed by atoms with E-state index in [9.17, 15) is 4.79 Å². The van der Waals surface area contributed by atoms with Crippen LogP contribution >= 0.6 is 15.9 Å². The summed E-state index contributed by atoms with van der Waals surface area (Å²) in [6.07, 6.45) is -0.0680. The lowest BCUT2D eigenvalue weighted by Gasteiger charge is -2.16. The Bertz CT molecular complexity index is 382. The molecule has 1 aromatic carbocycles. The Morgan fingerprint density at radius 1 is 1.56 bits per heavy atom. The Morgan fingerprint density at radius 3 is 2.75 bits per heavy atom. The number of carbonyl (C=O) groups is 1. The molecule has 0 fully saturated rings. The number of amides is 1. The van der Waals surface area contributed by atoms with Crippen LogP contribution in [0, 0.1) is 0 Å². The molecule has 16 heavy (non-hydrogen) atoms. The Balaban J connectivity index is 2.91. The SMILES string of the molecule is CCC(Oc1ccc(Br)cc1CN)C(N)=O. The summed E-state index contributed by atoms with van der Waals surface area (Å²) in [5.74, 6) is 0.143. The van der Waals surface area contributed by atoms with Crippen molar-refractivity contribution in [3.63, 3.8) is 0 Å². The van der Waals surface area contributed by atoms with Crippen molar-refractivity contribution in [1.29, 1.82) is 0 Å². The predicted molar refractivity (Wildman–Crippen MR) is 65.9 cm³/mol. The lowest BCUT2D eigenvalue weighted by Crippen LogP contribution is -2.33. The monoisotopic (exact) mass is 286 g/mol. The summed E-state index contributed by atoms with van der Waals surface area (Å²) in [5, 5.41) is 0. The van der Waals surface area contributed by atoms with Gasteiger partial charge in [0.2, 0.25) is 0 Å². The van der Waals surface area contributed by atoms with Crippen LogP contribution in [-0.4, -0.2) is 12.0 Å². The van der Waals surface area contributed by atoms with Gasteiger partial charge in [0, 0.05) is 16.6 Å². The second-order valence-electron chi connectivity index (χ2n) is 3.37. The molecule has 0 saturated carbocycles. The lowest BCUT2D eigenvalue weighted by molar-refractivity contribution is -0.124. The summed E-state index contributed by atoms with van der Waals surface area (Å²) in [7, 11) is 0. The summed E-state index contributed by atoms with van der Waals surface area (Å²) >= 11 is 3.35. The number of benzene rings is 1. The second kappa shape index (κ2) is 5.86. The van der Waals surface area contributed by atoms with E-state index in [1.165, 1.54) is 0 Å². The minimum Gasteiger partial charge on any atom is -0.480 e. The van der Waals surface area contributed by atoms with Crippen LogP contribution in [0.25, 0.3) is 0 Å². The minimum atomic E-state index is -0.605. The van der Waals surface area contributed by atoms with Crippen molar-refractivity contribution in [3.05, 3.63) is 28.2 Å². The zero-order valence-electron chi connectivity index (χ0n) is 9.07. The van der Waals surface area contributed by atoms with Gasteiger partial charge < -0.3 is 16.2 Å². The molecule has 1 aromatic rings. The Hall–Kier alpha value is -1.07. The van der Waals surface area contributed by atoms with Gasteiger partial charge in [-0.2, -0.15) is 0 Å². The molecule has 5 heteroatoms. The van der Waals surface area contributed by atoms with Gasteiger partial charge in [0.05, 0.1) is 0 Å². The number of ether oxygens (including phenoxy) is 1. The fourth-order valence-corrected chi connectivity index (χ4v) is 1.73. The van der Waals surface area contributed by atoms with Crippen molar-refractivity contribution in [2.45, 2.75) is 26.0 Å². The van der Waals surface area contributed by atoms with Gasteiger partial charge in [-0.3, -0.25) is 4.79 Å². The molecular formula is C11H15BrN2O2. The number of halogens is 1. The second-order valence-corrected chi connectivity index (χ2v) is 4.29. The van der Waals surface area contributed by atoms with Crippen LogP contribution in [0.15, 0.2) is 22.7 Å². The maximum absolute atomic E-state index is 11.1. The molecule has 0 saturated heterocycles. The average Bonchev–Trinajstić information content (AvgIpc) is 2.26. The Kier molecular flexibility index (Phi) is 4.76. The summed E-state index contributed by atoms with van der Waals surface area (Å²) in [4.78, 5) is 11.1. The molecule has 1 unspecified atom stereocenters. The van der Waals surface area contributed by atoms with Crippen molar-refractivity contribution in [2.24, 2.45) is 11.5 Å². The van der Waals surface area contributed by atoms with Crippen molar-refractivity contribution in [3.8, 4) is 5.75 Å². The number of rotatable bonds is 5. The number of hydrogen-bond acceptors (Lipinski definition) is 3. The van der Waals surface area contributed by atoms with Crippen molar-refractivity contribution in [2.75, 3.05) is 0 Å². The maximum atomic E-state index is 11.1. The first-order valence-corrected chi connectivity index (χ1v) is 5.82. The Labute approximate surface area is 103 Å². The van der Waals surface area contributed by atoms with E-state index < -0.39 is 12.0 Å². The van der Waals surface area contributed by atoms with Gasteiger partial charge in [-0.1, -0.05) is 22.9 Å². The number of nitrogens with two attached hydrogens (primary N) is 2. The molecule has 0 bridgehead atoms. The number of hydrogen-bond donors (Lipinski definition) is 2. The van der Waals surface area contributed by atoms with E-state index in [-0.39, 0.29) is 0 Å². The molecule has 0 aliphatic rings. The molecule has 88 valence electrons. The van der Waals surface area contributed by atoms with E-state index in [0.717, 1.165) is 10.0 Å². The van der Waals surface area contributed by atoms with E-state index >= 15 is 0 Å². The molecule has 0 spiro atoms. The third kappa shape index (κ3) is 3.21. The molecule has 0 aliphatic heterocycles. The summed E-state index contributed by atoms with van der Waals surface area (Å²) < 4.78 is 6.45. The van der Waals surface area contributed by atoms with Crippen molar-refractivity contribution >= 4 is 21.8 Å². The third-order valence-corrected chi connectivity index (χ3v) is 2.69. The molecule has 1 amide bonds. The van der Waals surface area contributed by atoms with Crippen LogP contribution in [-0.2, 0) is 11.3 Å². The normalized spacial score (nSPS) is 12.2. The number of primary amides is 1. The highest BCUT2D eigenvalue weighted by Gasteiger charge is 2.16. The summed E-state index contributed by atoms with van der Waals surface area (Å²) in [6.45, 7) is 2.19. The Morgan fingerprint density at radius 2 is 2.25 bits per heavy atom. The van der Waals surface area contributed by atoms with Gasteiger partial charge in [-0.15, -0.1) is 0 Å². The first-order valence-electron chi connectivity index (χ1n) is 5.03. The smallest absolute Gasteiger partial charge is 0.258 e. The fourth-order valence-electron chi connectivity index (χ4n) is 1.32. The molecule has 0 radical (unpaired) electrons. The van der Waals surface area contributed by atoms with Gasteiger partial charge in [0.1, 0.15) is 5.75 Å². The van der Waals surface area contributed by atoms with Crippen LogP contribution in [0.4, 0.5) is 0 Å². The van der Waals surface area contributed by atoms with E-state index in [1.54, 1.807) is 6.07 Å². The van der Waals surface area contributed by atoms with Crippen LogP contribution in [0.5, 0.6) is 5.75 Å². The standard InChI is InChI=1S/C11H15BrN2O2/c1-2-9(11(14)15)16-10-4-3-8(12)5-7(10)6-13/h3-5,9H,2,6,13H2,1H3,(H2,14,15). The topological polar surface area (TPSA) is 78.3 Å². The maximum Gasteiger partial charge on any atom is 0.258 e. The van der Waals surface area contributed by atoms with E-state index in [0.29, 0.717) is 18.7 Å². The first-order chi connectivity index (χ1) is 7.58. The third-order valence-electron chi connectivity index (χ3n) is 2.20. The van der Waals surface area contributed by atoms with Gasteiger partial charge in [-0.05, 0) is 24.6 Å². The molecule has 1 atom stereocenters. The quantitative estimate of drug-likeness (QED) is 0.862. The molecule has 4 nitrogen and oxygen atoms in total. The van der Waals surface area contributed by atoms with Crippen molar-refractivity contribution in [1.82, 2.24) is 0 Å². The fraction of sp³-hybridized carbons (Fsp3) is 0.364. The first kappa shape index (κ1) is 13.0. The van der Waals surface area contributed by atoms with Crippen LogP contribution in [0.2, 0.25) is 0 Å². The highest BCUT2D eigenvalue weighted by atomic mass is 79.9. The number of carbonyl (C=O) groups excluding carboxylic acids is 1. The zero-order valence-corrected chi connectivity index (χ0v) is 10.7. The predicted octanol–water partition coefficient (Wildman–Crippen LogP) is 1.55. The summed E-state index contributed by atoms with van der Waals surface area (Å²) in [6, 6.07) is 5.48. The molecule has 1 rings (SSSR count). The van der Waals surface area contributed by atoms with E-state index in [1.807, 2.05) is 19.1 Å². The van der Waals surface area contributed by atoms with Gasteiger partial charge in [-0.25, -0.2) is 0 Å². The highest BCUT2D eigenvalue weighted by molar-refractivity contribution is 9.10. The molecular weight excluding hydrogens is 272 g/mol. The van der Waals surface area contributed by atoms with Crippen LogP contribution in [0.3, 0.4) is 0 Å². The van der Waals surface area contributed by atoms with Gasteiger partial charge in [0.25, 0.3) is 5.91 Å². The van der Waals surface area contributed by atoms with Crippen molar-refractivity contribution < 1.29 is 9.53 Å². The van der Waals surface area contributed by atoms with E-state index in [2.05, 4.69) is 15.9 Å². The minimum absolute atomic E-state index is 0.351. The average molecular weight is 287 g/mol. The molecule has 0 aliphatic carbocycles. The molecule has 4 N–H and O–H groups in total. The van der Waals surface area contributed by atoms with Crippen LogP contribution < -0.4 is 16.2 Å². The lowest BCUT2D eigenvalue weighted by atomic mass is 10.2. The molecule has 0 aromatic heterocycles. The highest BCUT2D eigenvalue weighted by Crippen LogP contribution is 2.24. The zero-order chi connectivity index (χ0) is 12.1. The van der Waals surface area contributed by atoms with E-state index in [4.69, 9.17) is 16.2 Å². The molecule has 0 heterocycles. The van der Waals surface area contributed by atoms with Gasteiger partial charge >= 0.3 is 0 Å². The summed E-state index contributed by atoms with van der Waals surface area (Å²) in [5.41, 5.74) is 11.6. The largest absolute Gasteiger partial charge is 0.480 e. The van der Waals surface area contributed by atoms with Crippen LogP contribution in [0.1, 0.15) is 18.9 Å².